The zero-order chi connectivity index (χ0) is 12.6. The van der Waals surface area contributed by atoms with E-state index in [9.17, 15) is 0 Å². The molecule has 0 amide bonds. The lowest BCUT2D eigenvalue weighted by molar-refractivity contribution is 0.525. The van der Waals surface area contributed by atoms with Gasteiger partial charge in [-0.2, -0.15) is 0 Å². The second-order valence-electron chi connectivity index (χ2n) is 5.40. The molecule has 2 atom stereocenters. The zero-order valence-corrected chi connectivity index (χ0v) is 11.5. The average Bonchev–Trinajstić information content (AvgIpc) is 2.30. The molecule has 1 aromatic carbocycles. The molecule has 0 saturated carbocycles. The van der Waals surface area contributed by atoms with Crippen molar-refractivity contribution < 1.29 is 0 Å². The molecule has 0 aliphatic heterocycles. The maximum absolute atomic E-state index is 2.34. The molecule has 0 spiro atoms. The molecular weight excluding hydrogens is 204 g/mol. The molecule has 90 valence electrons. The van der Waals surface area contributed by atoms with E-state index < -0.39 is 0 Å². The summed E-state index contributed by atoms with van der Waals surface area (Å²) in [5.41, 5.74) is 7.04. The summed E-state index contributed by atoms with van der Waals surface area (Å²) in [5.74, 6) is 1.31. The van der Waals surface area contributed by atoms with Crippen LogP contribution < -0.4 is 0 Å². The van der Waals surface area contributed by atoms with Crippen molar-refractivity contribution in [1.82, 2.24) is 0 Å². The maximum Gasteiger partial charge on any atom is -0.0165 e. The lowest BCUT2D eigenvalue weighted by Crippen LogP contribution is -2.12. The first kappa shape index (κ1) is 12.2. The van der Waals surface area contributed by atoms with Gasteiger partial charge in [-0.25, -0.2) is 0 Å². The number of hydrogen-bond donors (Lipinski definition) is 0. The topological polar surface area (TPSA) is 0 Å². The average molecular weight is 226 g/mol. The SMILES string of the molecule is CC1=C(c2ccc(C)c(C)c2)C=CC(C)C1C. The molecule has 0 fully saturated rings. The van der Waals surface area contributed by atoms with Crippen LogP contribution in [0.4, 0.5) is 0 Å². The van der Waals surface area contributed by atoms with Gasteiger partial charge in [-0.3, -0.25) is 0 Å². The Morgan fingerprint density at radius 2 is 1.65 bits per heavy atom. The van der Waals surface area contributed by atoms with Gasteiger partial charge >= 0.3 is 0 Å². The van der Waals surface area contributed by atoms with Crippen LogP contribution in [0, 0.1) is 25.7 Å². The lowest BCUT2D eigenvalue weighted by atomic mass is 9.80. The first-order valence-corrected chi connectivity index (χ1v) is 6.47. The maximum atomic E-state index is 2.34. The van der Waals surface area contributed by atoms with E-state index in [1.165, 1.54) is 27.8 Å². The van der Waals surface area contributed by atoms with Crippen molar-refractivity contribution in [2.45, 2.75) is 34.6 Å². The molecule has 0 heterocycles. The fourth-order valence-electron chi connectivity index (χ4n) is 2.42. The summed E-state index contributed by atoms with van der Waals surface area (Å²) in [5, 5.41) is 0. The van der Waals surface area contributed by atoms with Crippen LogP contribution in [0.5, 0.6) is 0 Å². The summed E-state index contributed by atoms with van der Waals surface area (Å²) in [4.78, 5) is 0. The van der Waals surface area contributed by atoms with Crippen molar-refractivity contribution in [2.75, 3.05) is 0 Å². The highest BCUT2D eigenvalue weighted by atomic mass is 14.2. The van der Waals surface area contributed by atoms with E-state index in [0.717, 1.165) is 0 Å². The van der Waals surface area contributed by atoms with Gasteiger partial charge in [0.1, 0.15) is 0 Å². The van der Waals surface area contributed by atoms with E-state index in [1.807, 2.05) is 0 Å². The number of hydrogen-bond acceptors (Lipinski definition) is 0. The molecule has 0 bridgehead atoms. The molecule has 0 aromatic heterocycles. The van der Waals surface area contributed by atoms with E-state index in [-0.39, 0.29) is 0 Å². The zero-order valence-electron chi connectivity index (χ0n) is 11.5. The van der Waals surface area contributed by atoms with E-state index >= 15 is 0 Å². The van der Waals surface area contributed by atoms with Crippen molar-refractivity contribution in [1.29, 1.82) is 0 Å². The Morgan fingerprint density at radius 1 is 0.941 bits per heavy atom. The molecule has 0 saturated heterocycles. The molecule has 17 heavy (non-hydrogen) atoms. The standard InChI is InChI=1S/C17H22/c1-11-6-8-16(10-13(11)3)17-9-7-12(2)14(4)15(17)5/h6-10,12,14H,1-5H3. The third kappa shape index (κ3) is 2.22. The first-order chi connectivity index (χ1) is 8.00. The monoisotopic (exact) mass is 226 g/mol. The molecule has 1 aliphatic rings. The highest BCUT2D eigenvalue weighted by molar-refractivity contribution is 5.78. The van der Waals surface area contributed by atoms with Gasteiger partial charge in [-0.05, 0) is 54.9 Å². The number of rotatable bonds is 1. The number of allylic oxidation sites excluding steroid dienone is 4. The molecule has 1 aromatic rings. The molecule has 0 heteroatoms. The fraction of sp³-hybridized carbons (Fsp3) is 0.412. The van der Waals surface area contributed by atoms with Crippen molar-refractivity contribution in [3.8, 4) is 0 Å². The minimum atomic E-state index is 0.650. The Balaban J connectivity index is 2.47. The lowest BCUT2D eigenvalue weighted by Gasteiger charge is -2.25. The third-order valence-corrected chi connectivity index (χ3v) is 4.28. The van der Waals surface area contributed by atoms with Crippen molar-refractivity contribution in [3.05, 3.63) is 52.6 Å². The quantitative estimate of drug-likeness (QED) is 0.637. The molecule has 0 N–H and O–H groups in total. The Labute approximate surface area is 105 Å². The summed E-state index contributed by atoms with van der Waals surface area (Å²) in [6, 6.07) is 6.77. The second-order valence-corrected chi connectivity index (χ2v) is 5.40. The van der Waals surface area contributed by atoms with Gasteiger partial charge in [-0.1, -0.05) is 49.8 Å². The van der Waals surface area contributed by atoms with Crippen LogP contribution in [0.15, 0.2) is 35.9 Å². The minimum absolute atomic E-state index is 0.650. The number of aryl methyl sites for hydroxylation is 2. The van der Waals surface area contributed by atoms with Crippen LogP contribution in [0.25, 0.3) is 5.57 Å². The Kier molecular flexibility index (Phi) is 3.24. The van der Waals surface area contributed by atoms with Gasteiger partial charge in [0.2, 0.25) is 0 Å². The normalized spacial score (nSPS) is 24.3. The van der Waals surface area contributed by atoms with Gasteiger partial charge in [0.25, 0.3) is 0 Å². The first-order valence-electron chi connectivity index (χ1n) is 6.47. The van der Waals surface area contributed by atoms with Crippen LogP contribution in [0.2, 0.25) is 0 Å². The van der Waals surface area contributed by atoms with Gasteiger partial charge in [-0.15, -0.1) is 0 Å². The molecule has 2 unspecified atom stereocenters. The summed E-state index contributed by atoms with van der Waals surface area (Å²) in [7, 11) is 0. The molecule has 2 rings (SSSR count). The fourth-order valence-corrected chi connectivity index (χ4v) is 2.42. The van der Waals surface area contributed by atoms with Gasteiger partial charge in [0.15, 0.2) is 0 Å². The van der Waals surface area contributed by atoms with Crippen LogP contribution in [-0.2, 0) is 0 Å². The highest BCUT2D eigenvalue weighted by Crippen LogP contribution is 2.34. The van der Waals surface area contributed by atoms with Gasteiger partial charge < -0.3 is 0 Å². The van der Waals surface area contributed by atoms with Crippen molar-refractivity contribution >= 4 is 5.57 Å². The molecule has 0 radical (unpaired) electrons. The summed E-state index contributed by atoms with van der Waals surface area (Å²) in [6.45, 7) is 11.2. The highest BCUT2D eigenvalue weighted by Gasteiger charge is 2.19. The Hall–Kier alpha value is -1.30. The van der Waals surface area contributed by atoms with Crippen molar-refractivity contribution in [3.63, 3.8) is 0 Å². The van der Waals surface area contributed by atoms with Crippen LogP contribution >= 0.6 is 0 Å². The predicted octanol–water partition coefficient (Wildman–Crippen LogP) is 4.92. The van der Waals surface area contributed by atoms with Crippen LogP contribution in [-0.4, -0.2) is 0 Å². The molecular formula is C17H22. The predicted molar refractivity (Wildman–Crippen MR) is 76.0 cm³/mol. The van der Waals surface area contributed by atoms with E-state index in [2.05, 4.69) is 65.0 Å². The van der Waals surface area contributed by atoms with E-state index in [1.54, 1.807) is 0 Å². The minimum Gasteiger partial charge on any atom is -0.0805 e. The van der Waals surface area contributed by atoms with Gasteiger partial charge in [0, 0.05) is 0 Å². The smallest absolute Gasteiger partial charge is 0.0165 e. The largest absolute Gasteiger partial charge is 0.0805 e. The molecule has 0 nitrogen and oxygen atoms in total. The Morgan fingerprint density at radius 3 is 2.29 bits per heavy atom. The summed E-state index contributed by atoms with van der Waals surface area (Å²) in [6.07, 6.45) is 4.63. The third-order valence-electron chi connectivity index (χ3n) is 4.28. The number of benzene rings is 1. The van der Waals surface area contributed by atoms with Crippen molar-refractivity contribution in [2.24, 2.45) is 11.8 Å². The Bertz CT molecular complexity index is 489. The second kappa shape index (κ2) is 4.52. The summed E-state index contributed by atoms with van der Waals surface area (Å²) >= 11 is 0. The molecule has 1 aliphatic carbocycles. The van der Waals surface area contributed by atoms with Crippen LogP contribution in [0.3, 0.4) is 0 Å². The van der Waals surface area contributed by atoms with Crippen LogP contribution in [0.1, 0.15) is 37.5 Å². The summed E-state index contributed by atoms with van der Waals surface area (Å²) < 4.78 is 0. The van der Waals surface area contributed by atoms with E-state index in [4.69, 9.17) is 0 Å². The van der Waals surface area contributed by atoms with Gasteiger partial charge in [0.05, 0.1) is 0 Å². The van der Waals surface area contributed by atoms with E-state index in [0.29, 0.717) is 11.8 Å².